The van der Waals surface area contributed by atoms with Crippen LogP contribution in [0.25, 0.3) is 6.08 Å². The standard InChI is InChI=1S/C15H13N3O4S/c1-10-14(9-11-3-2-8-16-11)15(19)18(17-10)12-4-6-13(7-5-12)23(20,21)22/h2-9,16H,1H3,(H,20,21,22)/b14-9-. The van der Waals surface area contributed by atoms with Gasteiger partial charge in [0.05, 0.1) is 21.9 Å². The lowest BCUT2D eigenvalue weighted by atomic mass is 10.1. The molecule has 0 saturated heterocycles. The van der Waals surface area contributed by atoms with Gasteiger partial charge in [-0.1, -0.05) is 0 Å². The number of amides is 1. The molecule has 1 aliphatic heterocycles. The van der Waals surface area contributed by atoms with Gasteiger partial charge in [0.15, 0.2) is 0 Å². The molecule has 0 bridgehead atoms. The molecule has 1 aromatic heterocycles. The first kappa shape index (κ1) is 15.2. The second kappa shape index (κ2) is 5.49. The van der Waals surface area contributed by atoms with E-state index < -0.39 is 10.1 Å². The van der Waals surface area contributed by atoms with E-state index in [9.17, 15) is 13.2 Å². The monoisotopic (exact) mass is 331 g/mol. The maximum Gasteiger partial charge on any atom is 0.294 e. The van der Waals surface area contributed by atoms with Crippen molar-refractivity contribution in [1.82, 2.24) is 4.98 Å². The summed E-state index contributed by atoms with van der Waals surface area (Å²) in [7, 11) is -4.27. The molecule has 1 aromatic carbocycles. The van der Waals surface area contributed by atoms with Crippen LogP contribution in [-0.4, -0.2) is 29.6 Å². The molecule has 2 N–H and O–H groups in total. The third-order valence-corrected chi connectivity index (χ3v) is 4.23. The molecule has 2 aromatic rings. The molecule has 0 radical (unpaired) electrons. The minimum absolute atomic E-state index is 0.240. The van der Waals surface area contributed by atoms with Crippen LogP contribution in [0, 0.1) is 0 Å². The molecule has 0 spiro atoms. The first-order valence-corrected chi connectivity index (χ1v) is 8.13. The van der Waals surface area contributed by atoms with Crippen LogP contribution in [0.3, 0.4) is 0 Å². The van der Waals surface area contributed by atoms with E-state index in [0.717, 1.165) is 5.69 Å². The van der Waals surface area contributed by atoms with Crippen LogP contribution in [0.5, 0.6) is 0 Å². The van der Waals surface area contributed by atoms with Crippen molar-refractivity contribution in [3.05, 3.63) is 53.9 Å². The zero-order valence-electron chi connectivity index (χ0n) is 12.1. The minimum atomic E-state index is -4.27. The highest BCUT2D eigenvalue weighted by molar-refractivity contribution is 7.85. The van der Waals surface area contributed by atoms with E-state index in [1.54, 1.807) is 19.2 Å². The average molecular weight is 331 g/mol. The number of benzene rings is 1. The average Bonchev–Trinajstić information content (AvgIpc) is 3.10. The molecular formula is C15H13N3O4S. The van der Waals surface area contributed by atoms with Crippen molar-refractivity contribution >= 4 is 33.5 Å². The fraction of sp³-hybridized carbons (Fsp3) is 0.0667. The maximum absolute atomic E-state index is 12.5. The first-order chi connectivity index (χ1) is 10.9. The van der Waals surface area contributed by atoms with E-state index in [-0.39, 0.29) is 10.8 Å². The molecule has 1 aliphatic rings. The Balaban J connectivity index is 1.92. The number of nitrogens with one attached hydrogen (secondary N) is 1. The number of hydrogen-bond donors (Lipinski definition) is 2. The molecule has 1 amide bonds. The summed E-state index contributed by atoms with van der Waals surface area (Å²) >= 11 is 0. The van der Waals surface area contributed by atoms with Gasteiger partial charge in [-0.05, 0) is 49.4 Å². The van der Waals surface area contributed by atoms with Crippen LogP contribution in [0.4, 0.5) is 5.69 Å². The van der Waals surface area contributed by atoms with Gasteiger partial charge in [0.1, 0.15) is 0 Å². The molecule has 0 saturated carbocycles. The van der Waals surface area contributed by atoms with Gasteiger partial charge in [0.2, 0.25) is 0 Å². The van der Waals surface area contributed by atoms with Crippen LogP contribution in [0.1, 0.15) is 12.6 Å². The second-order valence-corrected chi connectivity index (χ2v) is 6.38. The fourth-order valence-electron chi connectivity index (χ4n) is 2.21. The van der Waals surface area contributed by atoms with Crippen LogP contribution in [0.2, 0.25) is 0 Å². The zero-order chi connectivity index (χ0) is 16.6. The summed E-state index contributed by atoms with van der Waals surface area (Å²) in [6, 6.07) is 8.91. The van der Waals surface area contributed by atoms with Gasteiger partial charge in [-0.25, -0.2) is 0 Å². The lowest BCUT2D eigenvalue weighted by Gasteiger charge is -2.11. The van der Waals surface area contributed by atoms with Crippen LogP contribution >= 0.6 is 0 Å². The molecule has 0 atom stereocenters. The third kappa shape index (κ3) is 2.94. The third-order valence-electron chi connectivity index (χ3n) is 3.36. The van der Waals surface area contributed by atoms with E-state index >= 15 is 0 Å². The number of carbonyl (C=O) groups excluding carboxylic acids is 1. The Kier molecular flexibility index (Phi) is 3.63. The van der Waals surface area contributed by atoms with Crippen molar-refractivity contribution in [3.8, 4) is 0 Å². The highest BCUT2D eigenvalue weighted by atomic mass is 32.2. The van der Waals surface area contributed by atoms with Crippen LogP contribution < -0.4 is 5.01 Å². The summed E-state index contributed by atoms with van der Waals surface area (Å²) in [5.74, 6) is -0.309. The summed E-state index contributed by atoms with van der Waals surface area (Å²) in [4.78, 5) is 15.2. The number of anilines is 1. The smallest absolute Gasteiger partial charge is 0.294 e. The first-order valence-electron chi connectivity index (χ1n) is 6.69. The topological polar surface area (TPSA) is 103 Å². The molecule has 8 heteroatoms. The van der Waals surface area contributed by atoms with Gasteiger partial charge in [-0.3, -0.25) is 9.35 Å². The van der Waals surface area contributed by atoms with Crippen molar-refractivity contribution in [2.45, 2.75) is 11.8 Å². The number of hydrogen-bond acceptors (Lipinski definition) is 4. The Hall–Kier alpha value is -2.71. The normalized spacial score (nSPS) is 17.0. The Labute approximate surface area is 132 Å². The van der Waals surface area contributed by atoms with Gasteiger partial charge >= 0.3 is 0 Å². The lowest BCUT2D eigenvalue weighted by molar-refractivity contribution is -0.114. The van der Waals surface area contributed by atoms with Crippen molar-refractivity contribution in [2.75, 3.05) is 5.01 Å². The van der Waals surface area contributed by atoms with Gasteiger partial charge in [-0.2, -0.15) is 18.5 Å². The predicted molar refractivity (Wildman–Crippen MR) is 85.6 cm³/mol. The maximum atomic E-state index is 12.5. The molecule has 118 valence electrons. The number of nitrogens with zero attached hydrogens (tertiary/aromatic N) is 2. The SMILES string of the molecule is CC1=NN(c2ccc(S(=O)(=O)O)cc2)C(=O)/C1=C\c1ccc[nH]1. The molecule has 3 rings (SSSR count). The highest BCUT2D eigenvalue weighted by Crippen LogP contribution is 2.25. The van der Waals surface area contributed by atoms with Crippen LogP contribution in [0.15, 0.2) is 58.2 Å². The number of aromatic nitrogens is 1. The fourth-order valence-corrected chi connectivity index (χ4v) is 2.69. The Morgan fingerprint density at radius 3 is 2.48 bits per heavy atom. The number of aromatic amines is 1. The molecule has 0 fully saturated rings. The molecular weight excluding hydrogens is 318 g/mol. The molecule has 2 heterocycles. The van der Waals surface area contributed by atoms with Gasteiger partial charge in [0.25, 0.3) is 16.0 Å². The quantitative estimate of drug-likeness (QED) is 0.664. The Morgan fingerprint density at radius 1 is 1.22 bits per heavy atom. The summed E-state index contributed by atoms with van der Waals surface area (Å²) in [6.07, 6.45) is 3.46. The zero-order valence-corrected chi connectivity index (χ0v) is 12.9. The van der Waals surface area contributed by atoms with Crippen molar-refractivity contribution in [3.63, 3.8) is 0 Å². The van der Waals surface area contributed by atoms with Crippen molar-refractivity contribution in [1.29, 1.82) is 0 Å². The highest BCUT2D eigenvalue weighted by Gasteiger charge is 2.29. The number of H-pyrrole nitrogens is 1. The van der Waals surface area contributed by atoms with Crippen molar-refractivity contribution in [2.24, 2.45) is 5.10 Å². The van der Waals surface area contributed by atoms with E-state index in [2.05, 4.69) is 10.1 Å². The Bertz CT molecular complexity index is 910. The number of rotatable bonds is 3. The lowest BCUT2D eigenvalue weighted by Crippen LogP contribution is -2.21. The summed E-state index contributed by atoms with van der Waals surface area (Å²) in [6.45, 7) is 1.72. The van der Waals surface area contributed by atoms with E-state index in [1.807, 2.05) is 12.1 Å². The summed E-state index contributed by atoms with van der Waals surface area (Å²) < 4.78 is 31.1. The summed E-state index contributed by atoms with van der Waals surface area (Å²) in [5.41, 5.74) is 2.21. The molecule has 23 heavy (non-hydrogen) atoms. The second-order valence-electron chi connectivity index (χ2n) is 4.95. The molecule has 0 unspecified atom stereocenters. The Morgan fingerprint density at radius 2 is 1.91 bits per heavy atom. The van der Waals surface area contributed by atoms with E-state index in [0.29, 0.717) is 17.0 Å². The van der Waals surface area contributed by atoms with Gasteiger partial charge < -0.3 is 4.98 Å². The predicted octanol–water partition coefficient (Wildman–Crippen LogP) is 2.07. The number of carbonyl (C=O) groups is 1. The number of hydrazone groups is 1. The van der Waals surface area contributed by atoms with Gasteiger partial charge in [0, 0.05) is 11.9 Å². The van der Waals surface area contributed by atoms with Gasteiger partial charge in [-0.15, -0.1) is 0 Å². The molecule has 7 nitrogen and oxygen atoms in total. The van der Waals surface area contributed by atoms with E-state index in [1.165, 1.54) is 29.3 Å². The molecule has 0 aliphatic carbocycles. The largest absolute Gasteiger partial charge is 0.362 e. The van der Waals surface area contributed by atoms with E-state index in [4.69, 9.17) is 4.55 Å². The minimum Gasteiger partial charge on any atom is -0.362 e. The van der Waals surface area contributed by atoms with Crippen LogP contribution in [-0.2, 0) is 14.9 Å². The van der Waals surface area contributed by atoms with Crippen molar-refractivity contribution < 1.29 is 17.8 Å². The summed E-state index contributed by atoms with van der Waals surface area (Å²) in [5, 5.41) is 5.39.